The van der Waals surface area contributed by atoms with Crippen LogP contribution in [-0.4, -0.2) is 23.7 Å². The van der Waals surface area contributed by atoms with Crippen LogP contribution < -0.4 is 10.6 Å². The molecular formula is C15H19FN2O3. The molecule has 0 spiro atoms. The third-order valence-electron chi connectivity index (χ3n) is 4.02. The lowest BCUT2D eigenvalue weighted by molar-refractivity contribution is 0.0692. The predicted octanol–water partition coefficient (Wildman–Crippen LogP) is 3.08. The number of amides is 2. The number of anilines is 1. The van der Waals surface area contributed by atoms with E-state index in [1.165, 1.54) is 18.9 Å². The first-order valence-electron chi connectivity index (χ1n) is 7.05. The number of carboxylic acid groups (broad SMARTS) is 1. The topological polar surface area (TPSA) is 78.4 Å². The fourth-order valence-electron chi connectivity index (χ4n) is 2.69. The highest BCUT2D eigenvalue weighted by Crippen LogP contribution is 2.30. The van der Waals surface area contributed by atoms with Gasteiger partial charge in [-0.1, -0.05) is 19.8 Å². The van der Waals surface area contributed by atoms with Gasteiger partial charge in [-0.3, -0.25) is 0 Å². The summed E-state index contributed by atoms with van der Waals surface area (Å²) in [6.07, 6.45) is 3.49. The van der Waals surface area contributed by atoms with Crippen LogP contribution in [0.2, 0.25) is 0 Å². The van der Waals surface area contributed by atoms with E-state index in [2.05, 4.69) is 17.6 Å². The molecule has 3 N–H and O–H groups in total. The zero-order valence-electron chi connectivity index (χ0n) is 11.9. The van der Waals surface area contributed by atoms with Gasteiger partial charge in [0.25, 0.3) is 0 Å². The fourth-order valence-corrected chi connectivity index (χ4v) is 2.69. The molecule has 0 aromatic heterocycles. The van der Waals surface area contributed by atoms with Crippen molar-refractivity contribution in [3.63, 3.8) is 0 Å². The van der Waals surface area contributed by atoms with Crippen molar-refractivity contribution in [3.05, 3.63) is 29.6 Å². The molecule has 114 valence electrons. The van der Waals surface area contributed by atoms with Gasteiger partial charge >= 0.3 is 12.0 Å². The molecule has 0 aliphatic heterocycles. The van der Waals surface area contributed by atoms with Crippen LogP contribution in [0.15, 0.2) is 18.2 Å². The molecule has 1 saturated carbocycles. The maximum atomic E-state index is 13.2. The molecule has 0 bridgehead atoms. The number of hydrogen-bond acceptors (Lipinski definition) is 2. The molecule has 2 unspecified atom stereocenters. The second kappa shape index (κ2) is 6.56. The number of carbonyl (C=O) groups excluding carboxylic acids is 1. The minimum Gasteiger partial charge on any atom is -0.478 e. The molecule has 1 aliphatic rings. The Hall–Kier alpha value is -2.11. The Morgan fingerprint density at radius 1 is 1.38 bits per heavy atom. The lowest BCUT2D eigenvalue weighted by atomic mass is 9.98. The first-order chi connectivity index (χ1) is 9.97. The number of rotatable bonds is 4. The predicted molar refractivity (Wildman–Crippen MR) is 76.9 cm³/mol. The van der Waals surface area contributed by atoms with Crippen molar-refractivity contribution in [2.45, 2.75) is 26.2 Å². The van der Waals surface area contributed by atoms with Crippen molar-refractivity contribution in [2.75, 3.05) is 11.9 Å². The molecule has 1 fully saturated rings. The summed E-state index contributed by atoms with van der Waals surface area (Å²) >= 11 is 0. The van der Waals surface area contributed by atoms with Crippen LogP contribution >= 0.6 is 0 Å². The highest BCUT2D eigenvalue weighted by molar-refractivity contribution is 5.93. The zero-order valence-corrected chi connectivity index (χ0v) is 11.9. The van der Waals surface area contributed by atoms with Crippen molar-refractivity contribution in [1.29, 1.82) is 0 Å². The molecule has 1 aromatic rings. The van der Waals surface area contributed by atoms with Crippen molar-refractivity contribution in [2.24, 2.45) is 11.8 Å². The SMILES string of the molecule is CC1CCCC1CNC(=O)Nc1ccc(F)c(C(=O)O)c1. The molecule has 21 heavy (non-hydrogen) atoms. The van der Waals surface area contributed by atoms with Gasteiger partial charge in [-0.25, -0.2) is 14.0 Å². The van der Waals surface area contributed by atoms with Gasteiger partial charge in [-0.2, -0.15) is 0 Å². The van der Waals surface area contributed by atoms with Crippen molar-refractivity contribution in [3.8, 4) is 0 Å². The quantitative estimate of drug-likeness (QED) is 0.798. The van der Waals surface area contributed by atoms with Gasteiger partial charge in [0.2, 0.25) is 0 Å². The number of nitrogens with one attached hydrogen (secondary N) is 2. The number of carboxylic acids is 1. The molecule has 1 aromatic carbocycles. The Bertz CT molecular complexity index is 548. The summed E-state index contributed by atoms with van der Waals surface area (Å²) in [5, 5.41) is 14.1. The standard InChI is InChI=1S/C15H19FN2O3/c1-9-3-2-4-10(9)8-17-15(21)18-11-5-6-13(16)12(7-11)14(19)20/h5-7,9-10H,2-4,8H2,1H3,(H,19,20)(H2,17,18,21). The lowest BCUT2D eigenvalue weighted by Gasteiger charge is -2.16. The Morgan fingerprint density at radius 2 is 2.14 bits per heavy atom. The van der Waals surface area contributed by atoms with Crippen LogP contribution in [-0.2, 0) is 0 Å². The van der Waals surface area contributed by atoms with E-state index in [4.69, 9.17) is 5.11 Å². The maximum Gasteiger partial charge on any atom is 0.338 e. The summed E-state index contributed by atoms with van der Waals surface area (Å²) in [7, 11) is 0. The van der Waals surface area contributed by atoms with E-state index in [1.807, 2.05) is 0 Å². The molecule has 0 radical (unpaired) electrons. The Balaban J connectivity index is 1.90. The maximum absolute atomic E-state index is 13.2. The fraction of sp³-hybridized carbons (Fsp3) is 0.467. The van der Waals surface area contributed by atoms with E-state index < -0.39 is 23.4 Å². The van der Waals surface area contributed by atoms with E-state index >= 15 is 0 Å². The highest BCUT2D eigenvalue weighted by Gasteiger charge is 2.23. The third kappa shape index (κ3) is 3.93. The van der Waals surface area contributed by atoms with Crippen molar-refractivity contribution in [1.82, 2.24) is 5.32 Å². The normalized spacial score (nSPS) is 21.0. The van der Waals surface area contributed by atoms with Gasteiger partial charge in [-0.15, -0.1) is 0 Å². The summed E-state index contributed by atoms with van der Waals surface area (Å²) in [5.41, 5.74) is -0.206. The second-order valence-electron chi connectivity index (χ2n) is 5.50. The number of carbonyl (C=O) groups is 2. The number of benzene rings is 1. The first-order valence-corrected chi connectivity index (χ1v) is 7.05. The van der Waals surface area contributed by atoms with Crippen molar-refractivity contribution < 1.29 is 19.1 Å². The monoisotopic (exact) mass is 294 g/mol. The average molecular weight is 294 g/mol. The largest absolute Gasteiger partial charge is 0.478 e. The molecule has 0 heterocycles. The van der Waals surface area contributed by atoms with Gasteiger partial charge in [0.05, 0.1) is 5.56 Å². The minimum atomic E-state index is -1.36. The molecule has 1 aliphatic carbocycles. The Labute approximate surface area is 122 Å². The summed E-state index contributed by atoms with van der Waals surface area (Å²) in [6, 6.07) is 3.06. The van der Waals surface area contributed by atoms with Crippen LogP contribution in [0, 0.1) is 17.7 Å². The smallest absolute Gasteiger partial charge is 0.338 e. The van der Waals surface area contributed by atoms with Gasteiger partial charge in [-0.05, 0) is 36.5 Å². The van der Waals surface area contributed by atoms with Crippen molar-refractivity contribution >= 4 is 17.7 Å². The van der Waals surface area contributed by atoms with Crippen LogP contribution in [0.25, 0.3) is 0 Å². The molecule has 5 nitrogen and oxygen atoms in total. The van der Waals surface area contributed by atoms with E-state index in [0.717, 1.165) is 18.6 Å². The first kappa shape index (κ1) is 15.3. The molecule has 6 heteroatoms. The third-order valence-corrected chi connectivity index (χ3v) is 4.02. The second-order valence-corrected chi connectivity index (χ2v) is 5.50. The molecular weight excluding hydrogens is 275 g/mol. The molecule has 0 saturated heterocycles. The average Bonchev–Trinajstić information content (AvgIpc) is 2.84. The van der Waals surface area contributed by atoms with Crippen LogP contribution in [0.1, 0.15) is 36.5 Å². The number of hydrogen-bond donors (Lipinski definition) is 3. The van der Waals surface area contributed by atoms with Crippen LogP contribution in [0.3, 0.4) is 0 Å². The Kier molecular flexibility index (Phi) is 4.77. The van der Waals surface area contributed by atoms with Crippen LogP contribution in [0.5, 0.6) is 0 Å². The van der Waals surface area contributed by atoms with Gasteiger partial charge in [0.15, 0.2) is 0 Å². The van der Waals surface area contributed by atoms with E-state index in [0.29, 0.717) is 18.4 Å². The lowest BCUT2D eigenvalue weighted by Crippen LogP contribution is -2.33. The summed E-state index contributed by atoms with van der Waals surface area (Å²) < 4.78 is 13.2. The number of urea groups is 1. The van der Waals surface area contributed by atoms with Crippen LogP contribution in [0.4, 0.5) is 14.9 Å². The minimum absolute atomic E-state index is 0.255. The van der Waals surface area contributed by atoms with E-state index in [-0.39, 0.29) is 5.69 Å². The Morgan fingerprint density at radius 3 is 2.76 bits per heavy atom. The van der Waals surface area contributed by atoms with Gasteiger partial charge in [0, 0.05) is 12.2 Å². The number of aromatic carboxylic acids is 1. The van der Waals surface area contributed by atoms with E-state index in [1.54, 1.807) is 0 Å². The summed E-state index contributed by atoms with van der Waals surface area (Å²) in [5.74, 6) is -1.10. The van der Waals surface area contributed by atoms with Gasteiger partial charge in [0.1, 0.15) is 5.82 Å². The molecule has 2 amide bonds. The molecule has 2 rings (SSSR count). The summed E-state index contributed by atoms with van der Waals surface area (Å²) in [6.45, 7) is 2.77. The highest BCUT2D eigenvalue weighted by atomic mass is 19.1. The zero-order chi connectivity index (χ0) is 15.4. The van der Waals surface area contributed by atoms with Gasteiger partial charge < -0.3 is 15.7 Å². The van der Waals surface area contributed by atoms with E-state index in [9.17, 15) is 14.0 Å². The summed E-state index contributed by atoms with van der Waals surface area (Å²) in [4.78, 5) is 22.6. The molecule has 2 atom stereocenters. The number of halogens is 1.